The Kier molecular flexibility index (Phi) is 5.38. The van der Waals surface area contributed by atoms with Gasteiger partial charge in [-0.1, -0.05) is 26.7 Å². The fourth-order valence-electron chi connectivity index (χ4n) is 4.03. The molecule has 0 aliphatic heterocycles. The number of rotatable bonds is 4. The lowest BCUT2D eigenvalue weighted by atomic mass is 9.78. The summed E-state index contributed by atoms with van der Waals surface area (Å²) in [6.45, 7) is 6.51. The molecule has 1 saturated carbocycles. The molecule has 3 heterocycles. The minimum Gasteiger partial charge on any atom is -0.352 e. The predicted molar refractivity (Wildman–Crippen MR) is 116 cm³/mol. The molecule has 0 saturated heterocycles. The van der Waals surface area contributed by atoms with Crippen LogP contribution in [0.2, 0.25) is 0 Å². The summed E-state index contributed by atoms with van der Waals surface area (Å²) in [7, 11) is 0. The second-order valence-corrected chi connectivity index (χ2v) is 10.0. The van der Waals surface area contributed by atoms with Crippen molar-refractivity contribution in [2.45, 2.75) is 52.6 Å². The summed E-state index contributed by atoms with van der Waals surface area (Å²) in [5.74, 6) is 0.959. The molecule has 1 N–H and O–H groups in total. The highest BCUT2D eigenvalue weighted by Gasteiger charge is 2.28. The van der Waals surface area contributed by atoms with Crippen LogP contribution < -0.4 is 10.9 Å². The number of carbonyl (C=O) groups excluding carboxylic acids is 1. The van der Waals surface area contributed by atoms with Crippen LogP contribution in [0.25, 0.3) is 20.7 Å². The van der Waals surface area contributed by atoms with Gasteiger partial charge in [-0.15, -0.1) is 22.7 Å². The monoisotopic (exact) mass is 415 g/mol. The maximum atomic E-state index is 13.1. The Hall–Kier alpha value is -1.99. The number of amides is 1. The van der Waals surface area contributed by atoms with Gasteiger partial charge < -0.3 is 5.32 Å². The number of carbonyl (C=O) groups is 1. The van der Waals surface area contributed by atoms with Crippen molar-refractivity contribution in [2.75, 3.05) is 0 Å². The minimum absolute atomic E-state index is 0.0120. The van der Waals surface area contributed by atoms with E-state index in [2.05, 4.69) is 37.1 Å². The number of hydrogen-bond acceptors (Lipinski definition) is 5. The largest absolute Gasteiger partial charge is 0.352 e. The first-order valence-electron chi connectivity index (χ1n) is 9.77. The zero-order valence-corrected chi connectivity index (χ0v) is 18.0. The summed E-state index contributed by atoms with van der Waals surface area (Å²) in [5.41, 5.74) is 0.771. The van der Waals surface area contributed by atoms with E-state index in [1.807, 2.05) is 11.4 Å². The number of nitrogens with zero attached hydrogens (tertiary/aromatic N) is 2. The minimum atomic E-state index is -0.146. The molecular formula is C21H25N3O2S2. The number of aryl methyl sites for hydroxylation is 1. The first-order chi connectivity index (χ1) is 13.4. The van der Waals surface area contributed by atoms with Gasteiger partial charge >= 0.3 is 0 Å². The molecule has 1 amide bonds. The van der Waals surface area contributed by atoms with Gasteiger partial charge in [0, 0.05) is 26.7 Å². The second-order valence-electron chi connectivity index (χ2n) is 7.86. The molecule has 3 aromatic heterocycles. The van der Waals surface area contributed by atoms with E-state index in [1.54, 1.807) is 11.3 Å². The van der Waals surface area contributed by atoms with Crippen molar-refractivity contribution in [1.29, 1.82) is 0 Å². The fraction of sp³-hybridized carbons (Fsp3) is 0.476. The number of fused-ring (bicyclic) bond motifs is 1. The maximum Gasteiger partial charge on any atom is 0.263 e. The summed E-state index contributed by atoms with van der Waals surface area (Å²) in [5, 5.41) is 5.74. The van der Waals surface area contributed by atoms with Crippen molar-refractivity contribution in [3.8, 4) is 10.4 Å². The van der Waals surface area contributed by atoms with Gasteiger partial charge in [0.05, 0.1) is 11.7 Å². The van der Waals surface area contributed by atoms with Gasteiger partial charge in [0.2, 0.25) is 5.91 Å². The average Bonchev–Trinajstić information content (AvgIpc) is 3.28. The van der Waals surface area contributed by atoms with E-state index in [9.17, 15) is 9.59 Å². The Balaban J connectivity index is 1.58. The zero-order valence-electron chi connectivity index (χ0n) is 16.4. The molecule has 7 heteroatoms. The smallest absolute Gasteiger partial charge is 0.263 e. The van der Waals surface area contributed by atoms with Crippen LogP contribution in [0.15, 0.2) is 28.6 Å². The third kappa shape index (κ3) is 3.65. The molecule has 0 spiro atoms. The van der Waals surface area contributed by atoms with Gasteiger partial charge in [0.1, 0.15) is 11.4 Å². The first-order valence-corrected chi connectivity index (χ1v) is 11.5. The van der Waals surface area contributed by atoms with Crippen molar-refractivity contribution >= 4 is 38.8 Å². The van der Waals surface area contributed by atoms with Crippen molar-refractivity contribution in [2.24, 2.45) is 11.8 Å². The molecule has 0 radical (unpaired) electrons. The number of aromatic nitrogens is 2. The highest BCUT2D eigenvalue weighted by molar-refractivity contribution is 7.19. The molecule has 3 atom stereocenters. The molecule has 0 bridgehead atoms. The van der Waals surface area contributed by atoms with Crippen LogP contribution in [0.5, 0.6) is 0 Å². The Morgan fingerprint density at radius 3 is 2.89 bits per heavy atom. The van der Waals surface area contributed by atoms with E-state index < -0.39 is 0 Å². The van der Waals surface area contributed by atoms with E-state index >= 15 is 0 Å². The summed E-state index contributed by atoms with van der Waals surface area (Å²) >= 11 is 3.13. The fourth-order valence-corrected chi connectivity index (χ4v) is 5.90. The Morgan fingerprint density at radius 1 is 1.32 bits per heavy atom. The van der Waals surface area contributed by atoms with Crippen molar-refractivity contribution < 1.29 is 4.79 Å². The molecule has 0 unspecified atom stereocenters. The SMILES string of the molecule is Cc1ccc(-c2csc3ncn(CC(=O)N[C@@H]4CCC[C@@H](C)[C@@H]4C)c(=O)c23)s1. The predicted octanol–water partition coefficient (Wildman–Crippen LogP) is 4.44. The summed E-state index contributed by atoms with van der Waals surface area (Å²) in [4.78, 5) is 33.1. The lowest BCUT2D eigenvalue weighted by Gasteiger charge is -2.34. The Labute approximate surface area is 172 Å². The molecule has 5 nitrogen and oxygen atoms in total. The summed E-state index contributed by atoms with van der Waals surface area (Å²) in [6.07, 6.45) is 4.87. The van der Waals surface area contributed by atoms with Gasteiger partial charge in [-0.3, -0.25) is 14.2 Å². The van der Waals surface area contributed by atoms with Gasteiger partial charge in [-0.2, -0.15) is 0 Å². The summed E-state index contributed by atoms with van der Waals surface area (Å²) < 4.78 is 1.44. The van der Waals surface area contributed by atoms with Gasteiger partial charge in [0.25, 0.3) is 5.56 Å². The Bertz CT molecular complexity index is 1070. The van der Waals surface area contributed by atoms with Crippen LogP contribution in [0.1, 0.15) is 38.0 Å². The van der Waals surface area contributed by atoms with E-state index in [0.29, 0.717) is 17.2 Å². The zero-order chi connectivity index (χ0) is 19.8. The van der Waals surface area contributed by atoms with Crippen molar-refractivity contribution in [3.63, 3.8) is 0 Å². The molecule has 1 fully saturated rings. The molecule has 1 aliphatic carbocycles. The van der Waals surface area contributed by atoms with Crippen LogP contribution in [-0.4, -0.2) is 21.5 Å². The van der Waals surface area contributed by atoms with Crippen LogP contribution in [-0.2, 0) is 11.3 Å². The first kappa shape index (κ1) is 19.3. The molecule has 4 rings (SSSR count). The van der Waals surface area contributed by atoms with Crippen LogP contribution >= 0.6 is 22.7 Å². The molecule has 148 valence electrons. The average molecular weight is 416 g/mol. The molecular weight excluding hydrogens is 390 g/mol. The van der Waals surface area contributed by atoms with Crippen LogP contribution in [0.3, 0.4) is 0 Å². The third-order valence-electron chi connectivity index (χ3n) is 5.93. The topological polar surface area (TPSA) is 64.0 Å². The normalized spacial score (nSPS) is 22.5. The lowest BCUT2D eigenvalue weighted by Crippen LogP contribution is -2.45. The van der Waals surface area contributed by atoms with Gasteiger partial charge in [-0.05, 0) is 37.3 Å². The van der Waals surface area contributed by atoms with Crippen molar-refractivity contribution in [3.05, 3.63) is 39.1 Å². The van der Waals surface area contributed by atoms with Gasteiger partial charge in [0.15, 0.2) is 0 Å². The number of nitrogens with one attached hydrogen (secondary N) is 1. The quantitative estimate of drug-likeness (QED) is 0.685. The molecule has 28 heavy (non-hydrogen) atoms. The number of hydrogen-bond donors (Lipinski definition) is 1. The van der Waals surface area contributed by atoms with E-state index in [4.69, 9.17) is 0 Å². The number of thiophene rings is 2. The molecule has 3 aromatic rings. The summed E-state index contributed by atoms with van der Waals surface area (Å²) in [6, 6.07) is 4.28. The third-order valence-corrected chi connectivity index (χ3v) is 7.85. The molecule has 1 aliphatic rings. The van der Waals surface area contributed by atoms with E-state index in [1.165, 1.54) is 33.5 Å². The van der Waals surface area contributed by atoms with E-state index in [-0.39, 0.29) is 24.1 Å². The standard InChI is InChI=1S/C21H25N3O2S2/c1-12-5-4-6-16(14(12)3)23-18(25)9-24-11-22-20-19(21(24)26)15(10-27-20)17-8-7-13(2)28-17/h7-8,10-12,14,16H,4-6,9H2,1-3H3,(H,23,25)/t12-,14+,16-/m1/s1. The molecule has 0 aromatic carbocycles. The lowest BCUT2D eigenvalue weighted by molar-refractivity contribution is -0.123. The maximum absolute atomic E-state index is 13.1. The highest BCUT2D eigenvalue weighted by Crippen LogP contribution is 2.35. The van der Waals surface area contributed by atoms with E-state index in [0.717, 1.165) is 28.1 Å². The van der Waals surface area contributed by atoms with Crippen molar-refractivity contribution in [1.82, 2.24) is 14.9 Å². The second kappa shape index (κ2) is 7.79. The van der Waals surface area contributed by atoms with Crippen LogP contribution in [0.4, 0.5) is 0 Å². The highest BCUT2D eigenvalue weighted by atomic mass is 32.1. The van der Waals surface area contributed by atoms with Gasteiger partial charge in [-0.25, -0.2) is 4.98 Å². The van der Waals surface area contributed by atoms with Crippen LogP contribution in [0, 0.1) is 18.8 Å². The Morgan fingerprint density at radius 2 is 2.14 bits per heavy atom.